The Kier molecular flexibility index (Phi) is 4.96. The summed E-state index contributed by atoms with van der Waals surface area (Å²) in [6.45, 7) is 6.56. The molecule has 122 valence electrons. The molecule has 1 saturated carbocycles. The normalized spacial score (nSPS) is 21.3. The summed E-state index contributed by atoms with van der Waals surface area (Å²) >= 11 is 2.00. The minimum atomic E-state index is 0.410. The van der Waals surface area contributed by atoms with Crippen LogP contribution in [0.2, 0.25) is 0 Å². The molecule has 1 spiro atoms. The Hall–Kier alpha value is -1.47. The fourth-order valence-electron chi connectivity index (χ4n) is 3.56. The zero-order valence-electron chi connectivity index (χ0n) is 14.1. The molecule has 1 saturated heterocycles. The van der Waals surface area contributed by atoms with E-state index in [-0.39, 0.29) is 0 Å². The lowest BCUT2D eigenvalue weighted by molar-refractivity contribution is 0.378. The van der Waals surface area contributed by atoms with Gasteiger partial charge in [0.15, 0.2) is 5.17 Å². The molecule has 0 aromatic heterocycles. The summed E-state index contributed by atoms with van der Waals surface area (Å²) in [6.07, 6.45) is 7.81. The van der Waals surface area contributed by atoms with Crippen LogP contribution < -0.4 is 0 Å². The number of unbranched alkanes of at least 4 members (excludes halogenated alkanes) is 1. The van der Waals surface area contributed by atoms with Crippen molar-refractivity contribution in [2.45, 2.75) is 57.1 Å². The van der Waals surface area contributed by atoms with Crippen molar-refractivity contribution in [3.05, 3.63) is 29.3 Å². The van der Waals surface area contributed by atoms with Crippen LogP contribution in [0, 0.1) is 18.3 Å². The lowest BCUT2D eigenvalue weighted by Crippen LogP contribution is -2.31. The van der Waals surface area contributed by atoms with Crippen molar-refractivity contribution in [1.29, 1.82) is 5.26 Å². The number of aryl methyl sites for hydroxylation is 1. The highest BCUT2D eigenvalue weighted by atomic mass is 32.2. The van der Waals surface area contributed by atoms with Crippen LogP contribution in [0.25, 0.3) is 0 Å². The van der Waals surface area contributed by atoms with Crippen LogP contribution in [0.15, 0.2) is 23.2 Å². The zero-order chi connectivity index (χ0) is 16.3. The van der Waals surface area contributed by atoms with Crippen molar-refractivity contribution in [2.75, 3.05) is 13.1 Å². The molecule has 4 heteroatoms. The van der Waals surface area contributed by atoms with Crippen LogP contribution in [-0.2, 0) is 0 Å². The second-order valence-electron chi connectivity index (χ2n) is 6.77. The number of hydrogen-bond donors (Lipinski definition) is 0. The number of nitriles is 1. The number of rotatable bonds is 4. The molecular formula is C19H25N3S. The summed E-state index contributed by atoms with van der Waals surface area (Å²) in [5, 5.41) is 10.2. The van der Waals surface area contributed by atoms with Gasteiger partial charge in [0.1, 0.15) is 0 Å². The number of benzene rings is 1. The van der Waals surface area contributed by atoms with Crippen molar-refractivity contribution in [3.8, 4) is 6.07 Å². The van der Waals surface area contributed by atoms with Crippen molar-refractivity contribution in [3.63, 3.8) is 0 Å². The van der Waals surface area contributed by atoms with Crippen LogP contribution in [-0.4, -0.2) is 27.9 Å². The molecular weight excluding hydrogens is 302 g/mol. The standard InChI is InChI=1S/C19H25N3S/c1-3-4-11-22-14-19(9-5-6-10-19)23-18(22)21-17-8-7-16(13-20)12-15(17)2/h7-8,12H,3-6,9-11,14H2,1-2H3. The summed E-state index contributed by atoms with van der Waals surface area (Å²) in [7, 11) is 0. The smallest absolute Gasteiger partial charge is 0.165 e. The largest absolute Gasteiger partial charge is 0.350 e. The maximum absolute atomic E-state index is 9.02. The van der Waals surface area contributed by atoms with Crippen molar-refractivity contribution in [2.24, 2.45) is 4.99 Å². The number of thioether (sulfide) groups is 1. The number of amidine groups is 1. The van der Waals surface area contributed by atoms with Gasteiger partial charge in [-0.25, -0.2) is 4.99 Å². The monoisotopic (exact) mass is 327 g/mol. The molecule has 2 aliphatic rings. The van der Waals surface area contributed by atoms with Gasteiger partial charge in [-0.3, -0.25) is 0 Å². The van der Waals surface area contributed by atoms with E-state index < -0.39 is 0 Å². The van der Waals surface area contributed by atoms with Gasteiger partial charge >= 0.3 is 0 Å². The van der Waals surface area contributed by atoms with Crippen molar-refractivity contribution in [1.82, 2.24) is 4.90 Å². The number of aliphatic imine (C=N–C) groups is 1. The average Bonchev–Trinajstić information content (AvgIpc) is 3.14. The Labute approximate surface area is 143 Å². The molecule has 2 fully saturated rings. The Morgan fingerprint density at radius 1 is 1.35 bits per heavy atom. The van der Waals surface area contributed by atoms with Gasteiger partial charge in [-0.1, -0.05) is 37.9 Å². The fourth-order valence-corrected chi connectivity index (χ4v) is 5.09. The third-order valence-electron chi connectivity index (χ3n) is 4.90. The van der Waals surface area contributed by atoms with E-state index in [1.807, 2.05) is 36.9 Å². The van der Waals surface area contributed by atoms with E-state index in [4.69, 9.17) is 10.3 Å². The first-order valence-corrected chi connectivity index (χ1v) is 9.51. The van der Waals surface area contributed by atoms with Crippen LogP contribution in [0.4, 0.5) is 5.69 Å². The lowest BCUT2D eigenvalue weighted by atomic mass is 10.1. The van der Waals surface area contributed by atoms with Gasteiger partial charge in [0.05, 0.1) is 17.3 Å². The molecule has 1 aromatic rings. The van der Waals surface area contributed by atoms with Gasteiger partial charge in [0, 0.05) is 17.8 Å². The summed E-state index contributed by atoms with van der Waals surface area (Å²) in [4.78, 5) is 7.48. The molecule has 0 N–H and O–H groups in total. The van der Waals surface area contributed by atoms with Crippen LogP contribution >= 0.6 is 11.8 Å². The minimum absolute atomic E-state index is 0.410. The van der Waals surface area contributed by atoms with E-state index >= 15 is 0 Å². The lowest BCUT2D eigenvalue weighted by Gasteiger charge is -2.22. The zero-order valence-corrected chi connectivity index (χ0v) is 15.0. The molecule has 3 nitrogen and oxygen atoms in total. The van der Waals surface area contributed by atoms with E-state index in [2.05, 4.69) is 17.9 Å². The SMILES string of the molecule is CCCCN1CC2(CCCC2)SC1=Nc1ccc(C#N)cc1C. The van der Waals surface area contributed by atoms with Crippen LogP contribution in [0.1, 0.15) is 56.6 Å². The second-order valence-corrected chi connectivity index (χ2v) is 8.21. The molecule has 0 amide bonds. The molecule has 0 unspecified atom stereocenters. The summed E-state index contributed by atoms with van der Waals surface area (Å²) in [6, 6.07) is 7.99. The van der Waals surface area contributed by atoms with Gasteiger partial charge in [0.2, 0.25) is 0 Å². The van der Waals surface area contributed by atoms with E-state index in [1.165, 1.54) is 43.7 Å². The van der Waals surface area contributed by atoms with E-state index in [0.29, 0.717) is 10.3 Å². The van der Waals surface area contributed by atoms with Gasteiger partial charge < -0.3 is 4.90 Å². The molecule has 3 rings (SSSR count). The third kappa shape index (κ3) is 3.55. The van der Waals surface area contributed by atoms with Gasteiger partial charge in [-0.15, -0.1) is 0 Å². The molecule has 23 heavy (non-hydrogen) atoms. The van der Waals surface area contributed by atoms with Gasteiger partial charge in [-0.2, -0.15) is 5.26 Å². The Morgan fingerprint density at radius 3 is 2.78 bits per heavy atom. The molecule has 0 bridgehead atoms. The Morgan fingerprint density at radius 2 is 2.13 bits per heavy atom. The first kappa shape index (κ1) is 16.4. The predicted molar refractivity (Wildman–Crippen MR) is 98.3 cm³/mol. The summed E-state index contributed by atoms with van der Waals surface area (Å²) < 4.78 is 0.410. The highest BCUT2D eigenvalue weighted by Crippen LogP contribution is 2.48. The molecule has 1 heterocycles. The quantitative estimate of drug-likeness (QED) is 0.780. The average molecular weight is 327 g/mol. The Bertz CT molecular complexity index is 639. The maximum atomic E-state index is 9.02. The first-order chi connectivity index (χ1) is 11.2. The molecule has 1 aliphatic carbocycles. The minimum Gasteiger partial charge on any atom is -0.350 e. The first-order valence-electron chi connectivity index (χ1n) is 8.69. The predicted octanol–water partition coefficient (Wildman–Crippen LogP) is 5.02. The van der Waals surface area contributed by atoms with E-state index in [0.717, 1.165) is 24.3 Å². The molecule has 1 aliphatic heterocycles. The summed E-state index contributed by atoms with van der Waals surface area (Å²) in [5.74, 6) is 0. The third-order valence-corrected chi connectivity index (χ3v) is 6.40. The van der Waals surface area contributed by atoms with Crippen molar-refractivity contribution < 1.29 is 0 Å². The maximum Gasteiger partial charge on any atom is 0.165 e. The molecule has 0 radical (unpaired) electrons. The second kappa shape index (κ2) is 6.97. The topological polar surface area (TPSA) is 39.4 Å². The van der Waals surface area contributed by atoms with Crippen LogP contribution in [0.5, 0.6) is 0 Å². The number of nitrogens with zero attached hydrogens (tertiary/aromatic N) is 3. The number of hydrogen-bond acceptors (Lipinski definition) is 3. The molecule has 1 aromatic carbocycles. The highest BCUT2D eigenvalue weighted by Gasteiger charge is 2.44. The highest BCUT2D eigenvalue weighted by molar-refractivity contribution is 8.15. The van der Waals surface area contributed by atoms with Crippen LogP contribution in [0.3, 0.4) is 0 Å². The fraction of sp³-hybridized carbons (Fsp3) is 0.579. The van der Waals surface area contributed by atoms with Gasteiger partial charge in [0.25, 0.3) is 0 Å². The molecule has 0 atom stereocenters. The van der Waals surface area contributed by atoms with Gasteiger partial charge in [-0.05, 0) is 49.9 Å². The van der Waals surface area contributed by atoms with Crippen molar-refractivity contribution >= 4 is 22.6 Å². The summed E-state index contributed by atoms with van der Waals surface area (Å²) in [5.41, 5.74) is 2.80. The van der Waals surface area contributed by atoms with E-state index in [1.54, 1.807) is 0 Å². The van der Waals surface area contributed by atoms with E-state index in [9.17, 15) is 0 Å². The Balaban J connectivity index is 1.87.